The Labute approximate surface area is 122 Å². The van der Waals surface area contributed by atoms with Crippen molar-refractivity contribution in [1.29, 1.82) is 0 Å². The number of hydrogen-bond acceptors (Lipinski definition) is 1. The second-order valence-corrected chi connectivity index (χ2v) is 5.31. The van der Waals surface area contributed by atoms with Crippen molar-refractivity contribution >= 4 is 5.78 Å². The predicted octanol–water partition coefficient (Wildman–Crippen LogP) is 5.21. The van der Waals surface area contributed by atoms with Gasteiger partial charge in [0.1, 0.15) is 0 Å². The maximum absolute atomic E-state index is 12.4. The molecule has 1 heteroatoms. The van der Waals surface area contributed by atoms with E-state index in [4.69, 9.17) is 0 Å². The number of aryl methyl sites for hydroxylation is 2. The first-order chi connectivity index (χ1) is 9.45. The first kappa shape index (κ1) is 16.2. The molecule has 0 saturated carbocycles. The van der Waals surface area contributed by atoms with Crippen LogP contribution >= 0.6 is 0 Å². The Hall–Kier alpha value is -1.89. The molecule has 1 aromatic rings. The van der Waals surface area contributed by atoms with Crippen LogP contribution in [0.4, 0.5) is 0 Å². The maximum Gasteiger partial charge on any atom is 0.188 e. The van der Waals surface area contributed by atoms with E-state index in [1.807, 2.05) is 64.1 Å². The number of ketones is 1. The molecular weight excluding hydrogens is 244 g/mol. The number of hydrogen-bond donors (Lipinski definition) is 0. The van der Waals surface area contributed by atoms with Crippen LogP contribution in [0, 0.1) is 6.92 Å². The highest BCUT2D eigenvalue weighted by Crippen LogP contribution is 2.16. The minimum absolute atomic E-state index is 0.111. The summed E-state index contributed by atoms with van der Waals surface area (Å²) in [5.41, 5.74) is 5.05. The minimum Gasteiger partial charge on any atom is -0.289 e. The van der Waals surface area contributed by atoms with E-state index < -0.39 is 0 Å². The first-order valence-corrected chi connectivity index (χ1v) is 7.08. The third kappa shape index (κ3) is 4.65. The Morgan fingerprint density at radius 2 is 1.75 bits per heavy atom. The first-order valence-electron chi connectivity index (χ1n) is 7.08. The highest BCUT2D eigenvalue weighted by molar-refractivity contribution is 6.09. The van der Waals surface area contributed by atoms with Crippen molar-refractivity contribution in [3.8, 4) is 0 Å². The second kappa shape index (κ2) is 7.64. The zero-order valence-electron chi connectivity index (χ0n) is 13.2. The lowest BCUT2D eigenvalue weighted by Gasteiger charge is -2.07. The molecule has 0 heterocycles. The summed E-state index contributed by atoms with van der Waals surface area (Å²) in [5, 5.41) is 0. The average molecular weight is 268 g/mol. The van der Waals surface area contributed by atoms with Crippen LogP contribution in [0.3, 0.4) is 0 Å². The summed E-state index contributed by atoms with van der Waals surface area (Å²) < 4.78 is 0. The van der Waals surface area contributed by atoms with Gasteiger partial charge >= 0.3 is 0 Å². The van der Waals surface area contributed by atoms with Gasteiger partial charge in [0.15, 0.2) is 5.78 Å². The molecule has 0 fully saturated rings. The highest BCUT2D eigenvalue weighted by Gasteiger charge is 2.10. The molecule has 0 bridgehead atoms. The Morgan fingerprint density at radius 3 is 2.35 bits per heavy atom. The van der Waals surface area contributed by atoms with Gasteiger partial charge in [-0.2, -0.15) is 0 Å². The molecule has 1 rings (SSSR count). The number of allylic oxidation sites excluding steroid dienone is 6. The molecule has 0 atom stereocenters. The zero-order chi connectivity index (χ0) is 15.1. The van der Waals surface area contributed by atoms with E-state index in [0.29, 0.717) is 0 Å². The number of carbonyl (C=O) groups excluding carboxylic acids is 1. The Bertz CT molecular complexity index is 567. The molecule has 0 aliphatic heterocycles. The Morgan fingerprint density at radius 1 is 1.10 bits per heavy atom. The number of benzene rings is 1. The van der Waals surface area contributed by atoms with Crippen LogP contribution in [-0.2, 0) is 6.42 Å². The molecule has 106 valence electrons. The van der Waals surface area contributed by atoms with E-state index in [1.165, 1.54) is 11.1 Å². The van der Waals surface area contributed by atoms with Gasteiger partial charge in [-0.3, -0.25) is 4.79 Å². The van der Waals surface area contributed by atoms with Gasteiger partial charge in [-0.25, -0.2) is 0 Å². The topological polar surface area (TPSA) is 17.1 Å². The largest absolute Gasteiger partial charge is 0.289 e. The molecule has 20 heavy (non-hydrogen) atoms. The summed E-state index contributed by atoms with van der Waals surface area (Å²) in [6.45, 7) is 10.0. The minimum atomic E-state index is 0.111. The molecule has 0 aliphatic rings. The van der Waals surface area contributed by atoms with E-state index in [2.05, 4.69) is 13.0 Å². The van der Waals surface area contributed by atoms with E-state index in [0.717, 1.165) is 23.1 Å². The van der Waals surface area contributed by atoms with Crippen LogP contribution in [0.1, 0.15) is 49.2 Å². The van der Waals surface area contributed by atoms with Crippen LogP contribution < -0.4 is 0 Å². The van der Waals surface area contributed by atoms with Crippen molar-refractivity contribution in [1.82, 2.24) is 0 Å². The summed E-state index contributed by atoms with van der Waals surface area (Å²) in [6, 6.07) is 6.12. The lowest BCUT2D eigenvalue weighted by Crippen LogP contribution is -2.04. The predicted molar refractivity (Wildman–Crippen MR) is 87.2 cm³/mol. The smallest absolute Gasteiger partial charge is 0.188 e. The van der Waals surface area contributed by atoms with Crippen LogP contribution in [0.25, 0.3) is 0 Å². The van der Waals surface area contributed by atoms with Gasteiger partial charge in [0.2, 0.25) is 0 Å². The van der Waals surface area contributed by atoms with Crippen LogP contribution in [0.15, 0.2) is 53.6 Å². The number of Topliss-reactive ketones (excluding diaryl/α,β-unsaturated/α-hetero) is 1. The average Bonchev–Trinajstić information content (AvgIpc) is 2.43. The van der Waals surface area contributed by atoms with Crippen molar-refractivity contribution in [3.05, 3.63) is 70.3 Å². The fourth-order valence-electron chi connectivity index (χ4n) is 1.87. The second-order valence-electron chi connectivity index (χ2n) is 5.31. The van der Waals surface area contributed by atoms with Crippen molar-refractivity contribution in [2.45, 2.75) is 41.0 Å². The monoisotopic (exact) mass is 268 g/mol. The highest BCUT2D eigenvalue weighted by atomic mass is 16.1. The molecule has 0 spiro atoms. The number of carbonyl (C=O) groups is 1. The summed E-state index contributed by atoms with van der Waals surface area (Å²) in [5.74, 6) is 0.111. The zero-order valence-corrected chi connectivity index (χ0v) is 13.2. The van der Waals surface area contributed by atoms with Crippen molar-refractivity contribution in [3.63, 3.8) is 0 Å². The van der Waals surface area contributed by atoms with Gasteiger partial charge < -0.3 is 0 Å². The molecule has 1 nitrogen and oxygen atoms in total. The Kier molecular flexibility index (Phi) is 6.17. The van der Waals surface area contributed by atoms with Gasteiger partial charge in [-0.15, -0.1) is 0 Å². The summed E-state index contributed by atoms with van der Waals surface area (Å²) in [7, 11) is 0. The van der Waals surface area contributed by atoms with Crippen molar-refractivity contribution in [2.75, 3.05) is 0 Å². The summed E-state index contributed by atoms with van der Waals surface area (Å²) >= 11 is 0. The lowest BCUT2D eigenvalue weighted by atomic mass is 9.96. The van der Waals surface area contributed by atoms with Gasteiger partial charge in [-0.1, -0.05) is 48.9 Å². The third-order valence-electron chi connectivity index (χ3n) is 3.20. The van der Waals surface area contributed by atoms with E-state index in [9.17, 15) is 4.79 Å². The SMILES string of the molecule is CCc1ccc(C)c(C(=O)/C(C)=C/C=C\C=C(C)C)c1. The van der Waals surface area contributed by atoms with Gasteiger partial charge in [0, 0.05) is 5.56 Å². The molecule has 0 radical (unpaired) electrons. The molecule has 0 amide bonds. The van der Waals surface area contributed by atoms with E-state index >= 15 is 0 Å². The van der Waals surface area contributed by atoms with Gasteiger partial charge in [-0.05, 0) is 56.9 Å². The molecule has 0 saturated heterocycles. The fourth-order valence-corrected chi connectivity index (χ4v) is 1.87. The molecule has 0 aliphatic carbocycles. The summed E-state index contributed by atoms with van der Waals surface area (Å²) in [6.07, 6.45) is 8.72. The molecule has 0 N–H and O–H groups in total. The standard InChI is InChI=1S/C19H24O/c1-6-17-12-11-15(4)18(13-17)19(20)16(5)10-8-7-9-14(2)3/h7-13H,6H2,1-5H3/b8-7-,16-10+. The van der Waals surface area contributed by atoms with E-state index in [1.54, 1.807) is 0 Å². The van der Waals surface area contributed by atoms with Gasteiger partial charge in [0.25, 0.3) is 0 Å². The van der Waals surface area contributed by atoms with Crippen molar-refractivity contribution < 1.29 is 4.79 Å². The van der Waals surface area contributed by atoms with Crippen LogP contribution in [0.5, 0.6) is 0 Å². The lowest BCUT2D eigenvalue weighted by molar-refractivity contribution is 0.103. The maximum atomic E-state index is 12.4. The summed E-state index contributed by atoms with van der Waals surface area (Å²) in [4.78, 5) is 12.4. The Balaban J connectivity index is 2.97. The normalized spacial score (nSPS) is 11.8. The number of rotatable bonds is 5. The molecular formula is C19H24O. The van der Waals surface area contributed by atoms with E-state index in [-0.39, 0.29) is 5.78 Å². The molecule has 0 aromatic heterocycles. The van der Waals surface area contributed by atoms with Crippen LogP contribution in [0.2, 0.25) is 0 Å². The molecule has 0 unspecified atom stereocenters. The third-order valence-corrected chi connectivity index (χ3v) is 3.20. The fraction of sp³-hybridized carbons (Fsp3) is 0.316. The van der Waals surface area contributed by atoms with Gasteiger partial charge in [0.05, 0.1) is 0 Å². The van der Waals surface area contributed by atoms with Crippen molar-refractivity contribution in [2.24, 2.45) is 0 Å². The quantitative estimate of drug-likeness (QED) is 0.407. The molecule has 1 aromatic carbocycles. The van der Waals surface area contributed by atoms with Crippen LogP contribution in [-0.4, -0.2) is 5.78 Å².